The lowest BCUT2D eigenvalue weighted by molar-refractivity contribution is 0.412. The molecule has 106 valence electrons. The summed E-state index contributed by atoms with van der Waals surface area (Å²) in [6.45, 7) is 2.09. The molecule has 1 N–H and O–H groups in total. The number of nitrogens with one attached hydrogen (secondary N) is 1. The first kappa shape index (κ1) is 14.9. The molecule has 0 bridgehead atoms. The summed E-state index contributed by atoms with van der Waals surface area (Å²) in [6.07, 6.45) is 0.883. The maximum absolute atomic E-state index is 13.1. The smallest absolute Gasteiger partial charge is 0.144 e. The van der Waals surface area contributed by atoms with Gasteiger partial charge in [-0.3, -0.25) is 0 Å². The van der Waals surface area contributed by atoms with Gasteiger partial charge in [-0.05, 0) is 43.2 Å². The molecule has 0 radical (unpaired) electrons. The van der Waals surface area contributed by atoms with E-state index in [4.69, 9.17) is 4.74 Å². The Hall–Kier alpha value is -1.55. The second-order valence-electron chi connectivity index (χ2n) is 4.72. The minimum absolute atomic E-state index is 0.218. The molecule has 2 aromatic rings. The van der Waals surface area contributed by atoms with Gasteiger partial charge >= 0.3 is 0 Å². The van der Waals surface area contributed by atoms with Crippen molar-refractivity contribution in [2.24, 2.45) is 0 Å². The molecule has 20 heavy (non-hydrogen) atoms. The first-order valence-electron chi connectivity index (χ1n) is 6.43. The molecule has 4 heteroatoms. The number of rotatable bonds is 5. The number of hydrogen-bond acceptors (Lipinski definition) is 2. The summed E-state index contributed by atoms with van der Waals surface area (Å²) in [7, 11) is 1.54. The van der Waals surface area contributed by atoms with Gasteiger partial charge in [0.25, 0.3) is 0 Å². The first-order chi connectivity index (χ1) is 9.58. The highest BCUT2D eigenvalue weighted by Crippen LogP contribution is 2.26. The molecule has 2 aromatic carbocycles. The Bertz CT molecular complexity index is 571. The third-order valence-corrected chi connectivity index (χ3v) is 3.55. The van der Waals surface area contributed by atoms with Crippen molar-refractivity contribution in [3.63, 3.8) is 0 Å². The van der Waals surface area contributed by atoms with Crippen molar-refractivity contribution >= 4 is 21.6 Å². The SMILES string of the molecule is COc1cc(F)ccc1NC(C)Cc1ccc(Br)cc1. The topological polar surface area (TPSA) is 21.3 Å². The molecule has 0 aliphatic rings. The van der Waals surface area contributed by atoms with E-state index in [2.05, 4.69) is 40.3 Å². The van der Waals surface area contributed by atoms with Gasteiger partial charge in [-0.25, -0.2) is 4.39 Å². The van der Waals surface area contributed by atoms with Gasteiger partial charge in [-0.15, -0.1) is 0 Å². The van der Waals surface area contributed by atoms with Crippen LogP contribution in [-0.4, -0.2) is 13.2 Å². The number of anilines is 1. The number of halogens is 2. The minimum Gasteiger partial charge on any atom is -0.494 e. The van der Waals surface area contributed by atoms with Crippen molar-refractivity contribution in [1.82, 2.24) is 0 Å². The maximum Gasteiger partial charge on any atom is 0.144 e. The Kier molecular flexibility index (Phi) is 5.01. The average molecular weight is 338 g/mol. The molecule has 0 fully saturated rings. The first-order valence-corrected chi connectivity index (χ1v) is 7.22. The molecular weight excluding hydrogens is 321 g/mol. The van der Waals surface area contributed by atoms with Gasteiger partial charge in [0.15, 0.2) is 0 Å². The van der Waals surface area contributed by atoms with Crippen molar-refractivity contribution in [1.29, 1.82) is 0 Å². The van der Waals surface area contributed by atoms with E-state index >= 15 is 0 Å². The molecule has 2 nitrogen and oxygen atoms in total. The molecule has 1 unspecified atom stereocenters. The number of benzene rings is 2. The Morgan fingerprint density at radius 1 is 1.20 bits per heavy atom. The van der Waals surface area contributed by atoms with Crippen LogP contribution in [0.2, 0.25) is 0 Å². The summed E-state index contributed by atoms with van der Waals surface area (Å²) < 4.78 is 19.4. The molecule has 0 aromatic heterocycles. The third kappa shape index (κ3) is 3.97. The zero-order valence-electron chi connectivity index (χ0n) is 11.5. The van der Waals surface area contributed by atoms with Crippen LogP contribution < -0.4 is 10.1 Å². The lowest BCUT2D eigenvalue weighted by atomic mass is 10.1. The van der Waals surface area contributed by atoms with Crippen molar-refractivity contribution < 1.29 is 9.13 Å². The molecule has 0 aliphatic heterocycles. The van der Waals surface area contributed by atoms with Gasteiger partial charge in [0, 0.05) is 16.6 Å². The van der Waals surface area contributed by atoms with Crippen LogP contribution >= 0.6 is 15.9 Å². The van der Waals surface area contributed by atoms with Crippen LogP contribution in [-0.2, 0) is 6.42 Å². The molecule has 0 amide bonds. The van der Waals surface area contributed by atoms with Gasteiger partial charge in [0.2, 0.25) is 0 Å². The predicted molar refractivity (Wildman–Crippen MR) is 83.9 cm³/mol. The van der Waals surface area contributed by atoms with Crippen LogP contribution in [0, 0.1) is 5.82 Å². The normalized spacial score (nSPS) is 12.0. The number of methoxy groups -OCH3 is 1. The highest BCUT2D eigenvalue weighted by molar-refractivity contribution is 9.10. The second-order valence-corrected chi connectivity index (χ2v) is 5.64. The minimum atomic E-state index is -0.298. The zero-order chi connectivity index (χ0) is 14.5. The predicted octanol–water partition coefficient (Wildman–Crippen LogP) is 4.64. The quantitative estimate of drug-likeness (QED) is 0.858. The van der Waals surface area contributed by atoms with E-state index in [9.17, 15) is 4.39 Å². The Morgan fingerprint density at radius 3 is 2.55 bits per heavy atom. The van der Waals surface area contributed by atoms with Gasteiger partial charge in [-0.1, -0.05) is 28.1 Å². The Balaban J connectivity index is 2.04. The molecule has 2 rings (SSSR count). The highest BCUT2D eigenvalue weighted by Gasteiger charge is 2.08. The molecule has 0 aliphatic carbocycles. The van der Waals surface area contributed by atoms with E-state index in [1.807, 2.05) is 12.1 Å². The van der Waals surface area contributed by atoms with Crippen LogP contribution in [0.1, 0.15) is 12.5 Å². The summed E-state index contributed by atoms with van der Waals surface area (Å²) in [5.74, 6) is 0.223. The Morgan fingerprint density at radius 2 is 1.90 bits per heavy atom. The lowest BCUT2D eigenvalue weighted by Gasteiger charge is -2.17. The summed E-state index contributed by atoms with van der Waals surface area (Å²) in [5, 5.41) is 3.35. The fourth-order valence-electron chi connectivity index (χ4n) is 2.07. The Labute approximate surface area is 127 Å². The summed E-state index contributed by atoms with van der Waals surface area (Å²) >= 11 is 3.42. The highest BCUT2D eigenvalue weighted by atomic mass is 79.9. The molecule has 0 spiro atoms. The standard InChI is InChI=1S/C16H17BrFNO/c1-11(9-12-3-5-13(17)6-4-12)19-15-8-7-14(18)10-16(15)20-2/h3-8,10-11,19H,9H2,1-2H3. The summed E-state index contributed by atoms with van der Waals surface area (Å²) in [4.78, 5) is 0. The average Bonchev–Trinajstić information content (AvgIpc) is 2.43. The van der Waals surface area contributed by atoms with Crippen LogP contribution in [0.15, 0.2) is 46.9 Å². The van der Waals surface area contributed by atoms with E-state index in [-0.39, 0.29) is 11.9 Å². The number of hydrogen-bond donors (Lipinski definition) is 1. The lowest BCUT2D eigenvalue weighted by Crippen LogP contribution is -2.18. The van der Waals surface area contributed by atoms with Gasteiger partial charge in [0.1, 0.15) is 11.6 Å². The molecule has 0 saturated heterocycles. The second kappa shape index (κ2) is 6.75. The molecule has 1 atom stereocenters. The van der Waals surface area contributed by atoms with Crippen LogP contribution in [0.25, 0.3) is 0 Å². The van der Waals surface area contributed by atoms with Gasteiger partial charge < -0.3 is 10.1 Å². The van der Waals surface area contributed by atoms with Gasteiger partial charge in [0.05, 0.1) is 12.8 Å². The van der Waals surface area contributed by atoms with Crippen LogP contribution in [0.5, 0.6) is 5.75 Å². The van der Waals surface area contributed by atoms with E-state index in [1.165, 1.54) is 17.7 Å². The van der Waals surface area contributed by atoms with Crippen LogP contribution in [0.4, 0.5) is 10.1 Å². The van der Waals surface area contributed by atoms with E-state index in [0.29, 0.717) is 5.75 Å². The van der Waals surface area contributed by atoms with Crippen molar-refractivity contribution in [2.45, 2.75) is 19.4 Å². The van der Waals surface area contributed by atoms with E-state index in [1.54, 1.807) is 13.2 Å². The van der Waals surface area contributed by atoms with Crippen molar-refractivity contribution in [3.05, 3.63) is 58.3 Å². The molecule has 0 saturated carbocycles. The van der Waals surface area contributed by atoms with Crippen molar-refractivity contribution in [3.8, 4) is 5.75 Å². The van der Waals surface area contributed by atoms with Crippen molar-refractivity contribution in [2.75, 3.05) is 12.4 Å². The monoisotopic (exact) mass is 337 g/mol. The summed E-state index contributed by atoms with van der Waals surface area (Å²) in [6, 6.07) is 13.0. The molecular formula is C16H17BrFNO. The fraction of sp³-hybridized carbons (Fsp3) is 0.250. The fourth-order valence-corrected chi connectivity index (χ4v) is 2.34. The van der Waals surface area contributed by atoms with Crippen LogP contribution in [0.3, 0.4) is 0 Å². The summed E-state index contributed by atoms with van der Waals surface area (Å²) in [5.41, 5.74) is 2.05. The third-order valence-electron chi connectivity index (χ3n) is 3.02. The molecule has 0 heterocycles. The van der Waals surface area contributed by atoms with E-state index in [0.717, 1.165) is 16.6 Å². The van der Waals surface area contributed by atoms with Gasteiger partial charge in [-0.2, -0.15) is 0 Å². The number of ether oxygens (including phenoxy) is 1. The largest absolute Gasteiger partial charge is 0.494 e. The zero-order valence-corrected chi connectivity index (χ0v) is 13.1. The van der Waals surface area contributed by atoms with E-state index < -0.39 is 0 Å². The maximum atomic E-state index is 13.1.